The van der Waals surface area contributed by atoms with E-state index in [1.165, 1.54) is 0 Å². The number of fused-ring (bicyclic) bond motifs is 1. The molecular weight excluding hydrogens is 360 g/mol. The Morgan fingerprint density at radius 1 is 1.39 bits per heavy atom. The number of alkyl carbamates (subject to hydrolysis) is 1. The molecule has 0 aromatic carbocycles. The molecule has 0 spiro atoms. The maximum atomic E-state index is 12.1. The molecule has 1 aromatic heterocycles. The minimum absolute atomic E-state index is 0.0250. The molecule has 1 aliphatic heterocycles. The molecule has 2 aliphatic rings. The van der Waals surface area contributed by atoms with Crippen LogP contribution in [0.2, 0.25) is 0 Å². The lowest BCUT2D eigenvalue weighted by Crippen LogP contribution is -2.49. The predicted octanol–water partition coefficient (Wildman–Crippen LogP) is 2.66. The van der Waals surface area contributed by atoms with Gasteiger partial charge in [-0.05, 0) is 52.0 Å². The Morgan fingerprint density at radius 3 is 2.82 bits per heavy atom. The molecule has 1 aliphatic carbocycles. The number of nitrogen functional groups attached to an aromatic ring is 1. The van der Waals surface area contributed by atoms with Crippen molar-refractivity contribution in [1.29, 1.82) is 0 Å². The Hall–Kier alpha value is -2.51. The fraction of sp³-hybridized carbons (Fsp3) is 0.650. The highest BCUT2D eigenvalue weighted by Crippen LogP contribution is 2.42. The average Bonchev–Trinajstić information content (AvgIpc) is 2.95. The molecule has 1 saturated heterocycles. The Labute approximate surface area is 165 Å². The van der Waals surface area contributed by atoms with Crippen molar-refractivity contribution >= 4 is 23.4 Å². The van der Waals surface area contributed by atoms with Gasteiger partial charge in [0.2, 0.25) is 0 Å². The van der Waals surface area contributed by atoms with Crippen molar-refractivity contribution in [2.75, 3.05) is 23.7 Å². The first-order chi connectivity index (χ1) is 13.1. The maximum absolute atomic E-state index is 12.1. The number of hydrogen-bond acceptors (Lipinski definition) is 6. The number of carbonyl (C=O) groups is 2. The van der Waals surface area contributed by atoms with Gasteiger partial charge in [0.25, 0.3) is 0 Å². The number of nitrogens with one attached hydrogen (secondary N) is 1. The lowest BCUT2D eigenvalue weighted by atomic mass is 10.0. The van der Waals surface area contributed by atoms with Gasteiger partial charge in [0.15, 0.2) is 0 Å². The Morgan fingerprint density at radius 2 is 2.14 bits per heavy atom. The van der Waals surface area contributed by atoms with Crippen LogP contribution in [0.25, 0.3) is 0 Å². The van der Waals surface area contributed by atoms with Crippen LogP contribution in [0.15, 0.2) is 6.20 Å². The van der Waals surface area contributed by atoms with E-state index < -0.39 is 17.7 Å². The molecule has 1 fully saturated rings. The third-order valence-corrected chi connectivity index (χ3v) is 5.22. The molecule has 154 valence electrons. The highest BCUT2D eigenvalue weighted by atomic mass is 16.6. The summed E-state index contributed by atoms with van der Waals surface area (Å²) in [6.45, 7) is 7.01. The molecular formula is C20H30N4O4. The number of nitrogens with zero attached hydrogens (tertiary/aromatic N) is 2. The van der Waals surface area contributed by atoms with Gasteiger partial charge < -0.3 is 25.8 Å². The topological polar surface area (TPSA) is 118 Å². The molecule has 2 atom stereocenters. The molecule has 0 radical (unpaired) electrons. The summed E-state index contributed by atoms with van der Waals surface area (Å²) in [7, 11) is 0. The molecule has 3 rings (SSSR count). The number of carboxylic acid groups (broad SMARTS) is 1. The van der Waals surface area contributed by atoms with Crippen molar-refractivity contribution in [3.63, 3.8) is 0 Å². The van der Waals surface area contributed by atoms with Gasteiger partial charge in [-0.2, -0.15) is 0 Å². The number of hydrogen-bond donors (Lipinski definition) is 3. The van der Waals surface area contributed by atoms with Crippen molar-refractivity contribution in [3.05, 3.63) is 17.5 Å². The molecule has 1 aromatic rings. The molecule has 28 heavy (non-hydrogen) atoms. The minimum Gasteiger partial charge on any atom is -0.481 e. The SMILES string of the molecule is CC(C)(C)OC(=O)N[C@H]1CCCN(c2c(N)cnc3c2CCC3CC(=O)O)C1. The smallest absolute Gasteiger partial charge is 0.407 e. The summed E-state index contributed by atoms with van der Waals surface area (Å²) < 4.78 is 5.37. The van der Waals surface area contributed by atoms with E-state index in [1.54, 1.807) is 6.20 Å². The van der Waals surface area contributed by atoms with E-state index >= 15 is 0 Å². The summed E-state index contributed by atoms with van der Waals surface area (Å²) in [5.74, 6) is -0.870. The first-order valence-corrected chi connectivity index (χ1v) is 9.87. The zero-order chi connectivity index (χ0) is 20.5. The van der Waals surface area contributed by atoms with Crippen molar-refractivity contribution in [2.45, 2.75) is 70.4 Å². The van der Waals surface area contributed by atoms with E-state index in [2.05, 4.69) is 15.2 Å². The second-order valence-corrected chi connectivity index (χ2v) is 8.69. The lowest BCUT2D eigenvalue weighted by Gasteiger charge is -2.36. The maximum Gasteiger partial charge on any atom is 0.407 e. The monoisotopic (exact) mass is 390 g/mol. The van der Waals surface area contributed by atoms with Crippen LogP contribution in [0.4, 0.5) is 16.2 Å². The summed E-state index contributed by atoms with van der Waals surface area (Å²) in [4.78, 5) is 29.9. The van der Waals surface area contributed by atoms with Crippen molar-refractivity contribution in [2.24, 2.45) is 0 Å². The van der Waals surface area contributed by atoms with E-state index in [-0.39, 0.29) is 18.4 Å². The summed E-state index contributed by atoms with van der Waals surface area (Å²) in [6.07, 6.45) is 4.68. The first kappa shape index (κ1) is 20.2. The lowest BCUT2D eigenvalue weighted by molar-refractivity contribution is -0.137. The number of piperidine rings is 1. The molecule has 0 bridgehead atoms. The van der Waals surface area contributed by atoms with Gasteiger partial charge in [-0.25, -0.2) is 4.79 Å². The number of aromatic nitrogens is 1. The zero-order valence-electron chi connectivity index (χ0n) is 16.8. The minimum atomic E-state index is -0.808. The van der Waals surface area contributed by atoms with Crippen LogP contribution in [0.5, 0.6) is 0 Å². The van der Waals surface area contributed by atoms with Crippen molar-refractivity contribution in [3.8, 4) is 0 Å². The normalized spacial score (nSPS) is 21.9. The summed E-state index contributed by atoms with van der Waals surface area (Å²) >= 11 is 0. The molecule has 2 heterocycles. The number of ether oxygens (including phenoxy) is 1. The Balaban J connectivity index is 1.76. The van der Waals surface area contributed by atoms with E-state index in [0.29, 0.717) is 12.2 Å². The van der Waals surface area contributed by atoms with Gasteiger partial charge in [0.1, 0.15) is 5.60 Å². The molecule has 4 N–H and O–H groups in total. The second-order valence-electron chi connectivity index (χ2n) is 8.69. The van der Waals surface area contributed by atoms with Crippen LogP contribution in [0.1, 0.15) is 63.6 Å². The zero-order valence-corrected chi connectivity index (χ0v) is 16.8. The van der Waals surface area contributed by atoms with E-state index in [0.717, 1.165) is 49.2 Å². The highest BCUT2D eigenvalue weighted by Gasteiger charge is 2.32. The standard InChI is InChI=1S/C20H30N4O4/c1-20(2,3)28-19(27)23-13-5-4-8-24(11-13)18-14-7-6-12(9-16(25)26)17(14)22-10-15(18)21/h10,12-13H,4-9,11,21H2,1-3H3,(H,23,27)(H,25,26)/t12?,13-/m0/s1. The third kappa shape index (κ3) is 4.66. The number of pyridine rings is 1. The van der Waals surface area contributed by atoms with Gasteiger partial charge >= 0.3 is 12.1 Å². The van der Waals surface area contributed by atoms with Crippen LogP contribution >= 0.6 is 0 Å². The number of rotatable bonds is 4. The summed E-state index contributed by atoms with van der Waals surface area (Å²) in [6, 6.07) is -0.0250. The van der Waals surface area contributed by atoms with Gasteiger partial charge in [-0.15, -0.1) is 0 Å². The Bertz CT molecular complexity index is 759. The van der Waals surface area contributed by atoms with Crippen LogP contribution in [-0.4, -0.2) is 46.9 Å². The number of carboxylic acids is 1. The largest absolute Gasteiger partial charge is 0.481 e. The molecule has 1 amide bonds. The fourth-order valence-electron chi connectivity index (χ4n) is 4.18. The average molecular weight is 390 g/mol. The molecule has 8 nitrogen and oxygen atoms in total. The van der Waals surface area contributed by atoms with Crippen LogP contribution < -0.4 is 16.0 Å². The molecule has 8 heteroatoms. The predicted molar refractivity (Wildman–Crippen MR) is 107 cm³/mol. The van der Waals surface area contributed by atoms with Crippen molar-refractivity contribution in [1.82, 2.24) is 10.3 Å². The summed E-state index contributed by atoms with van der Waals surface area (Å²) in [5, 5.41) is 12.1. The third-order valence-electron chi connectivity index (χ3n) is 5.22. The first-order valence-electron chi connectivity index (χ1n) is 9.87. The van der Waals surface area contributed by atoms with Gasteiger partial charge in [-0.3, -0.25) is 9.78 Å². The van der Waals surface area contributed by atoms with Gasteiger partial charge in [-0.1, -0.05) is 0 Å². The number of carbonyl (C=O) groups excluding carboxylic acids is 1. The molecule has 0 saturated carbocycles. The quantitative estimate of drug-likeness (QED) is 0.723. The van der Waals surface area contributed by atoms with Crippen LogP contribution in [-0.2, 0) is 16.0 Å². The molecule has 1 unspecified atom stereocenters. The van der Waals surface area contributed by atoms with Gasteiger partial charge in [0.05, 0.1) is 24.0 Å². The second kappa shape index (κ2) is 7.85. The summed E-state index contributed by atoms with van der Waals surface area (Å²) in [5.41, 5.74) is 9.21. The fourth-order valence-corrected chi connectivity index (χ4v) is 4.18. The number of anilines is 2. The number of amides is 1. The Kier molecular flexibility index (Phi) is 5.67. The highest BCUT2D eigenvalue weighted by molar-refractivity contribution is 5.75. The van der Waals surface area contributed by atoms with Crippen molar-refractivity contribution < 1.29 is 19.4 Å². The van der Waals surface area contributed by atoms with E-state index in [9.17, 15) is 9.59 Å². The van der Waals surface area contributed by atoms with Gasteiger partial charge in [0, 0.05) is 30.7 Å². The van der Waals surface area contributed by atoms with Crippen LogP contribution in [0.3, 0.4) is 0 Å². The van der Waals surface area contributed by atoms with E-state index in [4.69, 9.17) is 15.6 Å². The van der Waals surface area contributed by atoms with E-state index in [1.807, 2.05) is 20.8 Å². The van der Waals surface area contributed by atoms with Crippen LogP contribution in [0, 0.1) is 0 Å². The number of nitrogens with two attached hydrogens (primary N) is 1. The number of aliphatic carboxylic acids is 1.